The highest BCUT2D eigenvalue weighted by molar-refractivity contribution is 5.28. The summed E-state index contributed by atoms with van der Waals surface area (Å²) in [6, 6.07) is 8.23. The van der Waals surface area contributed by atoms with Crippen molar-refractivity contribution < 1.29 is 5.11 Å². The summed E-state index contributed by atoms with van der Waals surface area (Å²) in [6.45, 7) is 9.34. The smallest absolute Gasteiger partial charge is 0.115 e. The molecule has 0 aromatic heterocycles. The number of hydrogen-bond donors (Lipinski definition) is 1. The van der Waals surface area contributed by atoms with Gasteiger partial charge in [0.15, 0.2) is 0 Å². The minimum Gasteiger partial charge on any atom is -0.508 e. The van der Waals surface area contributed by atoms with Crippen LogP contribution < -0.4 is 0 Å². The van der Waals surface area contributed by atoms with Gasteiger partial charge in [0.25, 0.3) is 0 Å². The molecule has 1 aromatic rings. The van der Waals surface area contributed by atoms with Gasteiger partial charge in [0.05, 0.1) is 0 Å². The van der Waals surface area contributed by atoms with Crippen molar-refractivity contribution in [1.82, 2.24) is 4.90 Å². The Morgan fingerprint density at radius 1 is 1.28 bits per heavy atom. The van der Waals surface area contributed by atoms with E-state index in [1.54, 1.807) is 12.1 Å². The maximum Gasteiger partial charge on any atom is 0.115 e. The van der Waals surface area contributed by atoms with E-state index in [9.17, 15) is 5.11 Å². The summed E-state index contributed by atoms with van der Waals surface area (Å²) in [5.41, 5.74) is 1.33. The molecule has 2 atom stereocenters. The predicted octanol–water partition coefficient (Wildman–Crippen LogP) is 3.82. The van der Waals surface area contributed by atoms with E-state index in [2.05, 4.69) is 37.8 Å². The standard InChI is InChI=1S/C16H25NO/c1-4-16(13-5-7-15(18)8-6-13)17-10-9-14(11-17)12(2)3/h5-8,12,14,16,18H,4,9-11H2,1-3H3. The molecule has 0 amide bonds. The highest BCUT2D eigenvalue weighted by Gasteiger charge is 2.29. The van der Waals surface area contributed by atoms with Crippen LogP contribution in [0.5, 0.6) is 5.75 Å². The summed E-state index contributed by atoms with van der Waals surface area (Å²) in [5.74, 6) is 1.98. The zero-order valence-electron chi connectivity index (χ0n) is 11.8. The van der Waals surface area contributed by atoms with Gasteiger partial charge in [-0.1, -0.05) is 32.9 Å². The quantitative estimate of drug-likeness (QED) is 0.874. The number of likely N-dealkylation sites (tertiary alicyclic amines) is 1. The van der Waals surface area contributed by atoms with Gasteiger partial charge in [0.1, 0.15) is 5.75 Å². The molecule has 1 fully saturated rings. The summed E-state index contributed by atoms with van der Waals surface area (Å²) in [4.78, 5) is 2.61. The molecule has 1 N–H and O–H groups in total. The van der Waals surface area contributed by atoms with Crippen molar-refractivity contribution in [2.45, 2.75) is 39.7 Å². The fraction of sp³-hybridized carbons (Fsp3) is 0.625. The molecule has 1 aliphatic heterocycles. The van der Waals surface area contributed by atoms with Gasteiger partial charge in [-0.25, -0.2) is 0 Å². The Kier molecular flexibility index (Phi) is 4.28. The molecule has 0 bridgehead atoms. The molecule has 2 unspecified atom stereocenters. The topological polar surface area (TPSA) is 23.5 Å². The number of phenolic OH excluding ortho intramolecular Hbond substituents is 1. The van der Waals surface area contributed by atoms with Crippen molar-refractivity contribution in [2.75, 3.05) is 13.1 Å². The van der Waals surface area contributed by atoms with Crippen LogP contribution in [0.15, 0.2) is 24.3 Å². The Morgan fingerprint density at radius 3 is 2.44 bits per heavy atom. The SMILES string of the molecule is CCC(c1ccc(O)cc1)N1CCC(C(C)C)C1. The summed E-state index contributed by atoms with van der Waals surface area (Å²) in [5, 5.41) is 9.38. The second kappa shape index (κ2) is 5.75. The van der Waals surface area contributed by atoms with Crippen LogP contribution >= 0.6 is 0 Å². The molecule has 0 radical (unpaired) electrons. The van der Waals surface area contributed by atoms with Crippen LogP contribution in [0.25, 0.3) is 0 Å². The molecule has 1 aromatic carbocycles. The Labute approximate surface area is 111 Å². The van der Waals surface area contributed by atoms with Gasteiger partial charge < -0.3 is 5.11 Å². The van der Waals surface area contributed by atoms with E-state index in [1.807, 2.05) is 0 Å². The van der Waals surface area contributed by atoms with Crippen LogP contribution in [0.4, 0.5) is 0 Å². The van der Waals surface area contributed by atoms with E-state index in [0.29, 0.717) is 11.8 Å². The number of phenols is 1. The third-order valence-electron chi connectivity index (χ3n) is 4.30. The molecule has 0 aliphatic carbocycles. The Hall–Kier alpha value is -1.02. The second-order valence-corrected chi connectivity index (χ2v) is 5.80. The minimum absolute atomic E-state index is 0.357. The van der Waals surface area contributed by atoms with Crippen molar-refractivity contribution >= 4 is 0 Å². The maximum absolute atomic E-state index is 9.38. The number of hydrogen-bond acceptors (Lipinski definition) is 2. The molecule has 2 rings (SSSR count). The molecular weight excluding hydrogens is 222 g/mol. The van der Waals surface area contributed by atoms with Crippen molar-refractivity contribution in [1.29, 1.82) is 0 Å². The maximum atomic E-state index is 9.38. The van der Waals surface area contributed by atoms with E-state index in [1.165, 1.54) is 25.1 Å². The van der Waals surface area contributed by atoms with E-state index >= 15 is 0 Å². The highest BCUT2D eigenvalue weighted by Crippen LogP contribution is 2.33. The number of aromatic hydroxyl groups is 1. The Balaban J connectivity index is 2.08. The highest BCUT2D eigenvalue weighted by atomic mass is 16.3. The fourth-order valence-electron chi connectivity index (χ4n) is 3.04. The lowest BCUT2D eigenvalue weighted by atomic mass is 9.95. The molecule has 0 saturated carbocycles. The van der Waals surface area contributed by atoms with Gasteiger partial charge in [-0.2, -0.15) is 0 Å². The van der Waals surface area contributed by atoms with Crippen molar-refractivity contribution in [2.24, 2.45) is 11.8 Å². The first kappa shape index (κ1) is 13.4. The van der Waals surface area contributed by atoms with Crippen LogP contribution in [0, 0.1) is 11.8 Å². The summed E-state index contributed by atoms with van der Waals surface area (Å²) >= 11 is 0. The van der Waals surface area contributed by atoms with E-state index < -0.39 is 0 Å². The van der Waals surface area contributed by atoms with Crippen LogP contribution in [0.1, 0.15) is 45.2 Å². The van der Waals surface area contributed by atoms with Gasteiger partial charge >= 0.3 is 0 Å². The van der Waals surface area contributed by atoms with Crippen LogP contribution in [0.2, 0.25) is 0 Å². The fourth-order valence-corrected chi connectivity index (χ4v) is 3.04. The van der Waals surface area contributed by atoms with E-state index in [-0.39, 0.29) is 0 Å². The minimum atomic E-state index is 0.357. The summed E-state index contributed by atoms with van der Waals surface area (Å²) in [7, 11) is 0. The molecule has 1 saturated heterocycles. The molecule has 100 valence electrons. The summed E-state index contributed by atoms with van der Waals surface area (Å²) in [6.07, 6.45) is 2.46. The lowest BCUT2D eigenvalue weighted by molar-refractivity contribution is 0.221. The average Bonchev–Trinajstić information content (AvgIpc) is 2.82. The average molecular weight is 247 g/mol. The van der Waals surface area contributed by atoms with Crippen LogP contribution in [-0.4, -0.2) is 23.1 Å². The van der Waals surface area contributed by atoms with Crippen molar-refractivity contribution in [3.8, 4) is 5.75 Å². The molecule has 18 heavy (non-hydrogen) atoms. The van der Waals surface area contributed by atoms with E-state index in [0.717, 1.165) is 18.3 Å². The van der Waals surface area contributed by atoms with Gasteiger partial charge in [-0.15, -0.1) is 0 Å². The van der Waals surface area contributed by atoms with Crippen LogP contribution in [-0.2, 0) is 0 Å². The van der Waals surface area contributed by atoms with Crippen LogP contribution in [0.3, 0.4) is 0 Å². The zero-order valence-corrected chi connectivity index (χ0v) is 11.8. The first-order valence-electron chi connectivity index (χ1n) is 7.14. The third kappa shape index (κ3) is 2.86. The predicted molar refractivity (Wildman–Crippen MR) is 75.7 cm³/mol. The van der Waals surface area contributed by atoms with Gasteiger partial charge in [0, 0.05) is 12.6 Å². The molecule has 0 spiro atoms. The first-order valence-corrected chi connectivity index (χ1v) is 7.14. The lowest BCUT2D eigenvalue weighted by Crippen LogP contribution is -2.27. The number of rotatable bonds is 4. The van der Waals surface area contributed by atoms with Crippen molar-refractivity contribution in [3.05, 3.63) is 29.8 Å². The molecular formula is C16H25NO. The lowest BCUT2D eigenvalue weighted by Gasteiger charge is -2.28. The largest absolute Gasteiger partial charge is 0.508 e. The molecule has 2 nitrogen and oxygen atoms in total. The van der Waals surface area contributed by atoms with Gasteiger partial charge in [0.2, 0.25) is 0 Å². The zero-order chi connectivity index (χ0) is 13.1. The monoisotopic (exact) mass is 247 g/mol. The van der Waals surface area contributed by atoms with Crippen molar-refractivity contribution in [3.63, 3.8) is 0 Å². The third-order valence-corrected chi connectivity index (χ3v) is 4.30. The molecule has 2 heteroatoms. The van der Waals surface area contributed by atoms with E-state index in [4.69, 9.17) is 0 Å². The number of benzene rings is 1. The number of nitrogens with zero attached hydrogens (tertiary/aromatic N) is 1. The summed E-state index contributed by atoms with van der Waals surface area (Å²) < 4.78 is 0. The Bertz CT molecular complexity index is 371. The molecule has 1 aliphatic rings. The first-order chi connectivity index (χ1) is 8.61. The molecule has 1 heterocycles. The van der Waals surface area contributed by atoms with Gasteiger partial charge in [-0.3, -0.25) is 4.90 Å². The van der Waals surface area contributed by atoms with Gasteiger partial charge in [-0.05, 0) is 48.9 Å². The second-order valence-electron chi connectivity index (χ2n) is 5.80. The Morgan fingerprint density at radius 2 is 1.94 bits per heavy atom. The normalized spacial score (nSPS) is 22.6.